The van der Waals surface area contributed by atoms with Gasteiger partial charge in [0, 0.05) is 12.1 Å². The van der Waals surface area contributed by atoms with E-state index in [1.807, 2.05) is 13.0 Å². The van der Waals surface area contributed by atoms with Crippen molar-refractivity contribution in [1.82, 2.24) is 4.98 Å². The number of amides is 1. The SMILES string of the molecule is Cc1cnc(Cl)c(NC(=O)C2CC=CCC2)c1. The smallest absolute Gasteiger partial charge is 0.227 e. The molecule has 0 radical (unpaired) electrons. The molecule has 1 heterocycles. The summed E-state index contributed by atoms with van der Waals surface area (Å²) < 4.78 is 0. The molecule has 0 aliphatic heterocycles. The number of aryl methyl sites for hydroxylation is 1. The third-order valence-corrected chi connectivity index (χ3v) is 3.17. The lowest BCUT2D eigenvalue weighted by Crippen LogP contribution is -2.23. The van der Waals surface area contributed by atoms with Crippen molar-refractivity contribution >= 4 is 23.2 Å². The first-order chi connectivity index (χ1) is 8.16. The molecule has 17 heavy (non-hydrogen) atoms. The van der Waals surface area contributed by atoms with E-state index < -0.39 is 0 Å². The van der Waals surface area contributed by atoms with Gasteiger partial charge in [-0.15, -0.1) is 0 Å². The van der Waals surface area contributed by atoms with Gasteiger partial charge in [0.05, 0.1) is 5.69 Å². The molecule has 1 aliphatic rings. The maximum Gasteiger partial charge on any atom is 0.227 e. The van der Waals surface area contributed by atoms with E-state index >= 15 is 0 Å². The first-order valence-electron chi connectivity index (χ1n) is 5.75. The second kappa shape index (κ2) is 5.32. The van der Waals surface area contributed by atoms with Crippen molar-refractivity contribution in [3.05, 3.63) is 35.1 Å². The molecular formula is C13H15ClN2O. The lowest BCUT2D eigenvalue weighted by Gasteiger charge is -2.17. The van der Waals surface area contributed by atoms with Crippen LogP contribution in [0.3, 0.4) is 0 Å². The van der Waals surface area contributed by atoms with Crippen LogP contribution in [0.2, 0.25) is 5.15 Å². The number of hydrogen-bond donors (Lipinski definition) is 1. The molecule has 1 aromatic heterocycles. The van der Waals surface area contributed by atoms with Gasteiger partial charge in [-0.2, -0.15) is 0 Å². The van der Waals surface area contributed by atoms with Crippen LogP contribution in [0.1, 0.15) is 24.8 Å². The molecule has 4 heteroatoms. The van der Waals surface area contributed by atoms with E-state index in [1.54, 1.807) is 6.20 Å². The number of carbonyl (C=O) groups is 1. The highest BCUT2D eigenvalue weighted by molar-refractivity contribution is 6.32. The number of anilines is 1. The van der Waals surface area contributed by atoms with Crippen LogP contribution < -0.4 is 5.32 Å². The fourth-order valence-corrected chi connectivity index (χ4v) is 2.06. The van der Waals surface area contributed by atoms with Crippen LogP contribution >= 0.6 is 11.6 Å². The number of rotatable bonds is 2. The molecule has 1 amide bonds. The summed E-state index contributed by atoms with van der Waals surface area (Å²) in [5.74, 6) is 0.0835. The summed E-state index contributed by atoms with van der Waals surface area (Å²) in [6.45, 7) is 1.92. The fraction of sp³-hybridized carbons (Fsp3) is 0.385. The molecule has 90 valence electrons. The van der Waals surface area contributed by atoms with Crippen molar-refractivity contribution in [1.29, 1.82) is 0 Å². The highest BCUT2D eigenvalue weighted by Gasteiger charge is 2.19. The average Bonchev–Trinajstić information content (AvgIpc) is 2.35. The molecule has 0 spiro atoms. The number of allylic oxidation sites excluding steroid dienone is 2. The van der Waals surface area contributed by atoms with Crippen LogP contribution in [-0.4, -0.2) is 10.9 Å². The maximum atomic E-state index is 12.0. The number of halogens is 1. The summed E-state index contributed by atoms with van der Waals surface area (Å²) in [6.07, 6.45) is 8.54. The van der Waals surface area contributed by atoms with Gasteiger partial charge in [0.25, 0.3) is 0 Å². The van der Waals surface area contributed by atoms with Crippen LogP contribution in [0.15, 0.2) is 24.4 Å². The molecule has 0 saturated carbocycles. The first-order valence-corrected chi connectivity index (χ1v) is 6.12. The fourth-order valence-electron chi connectivity index (χ4n) is 1.91. The average molecular weight is 251 g/mol. The normalized spacial score (nSPS) is 19.1. The van der Waals surface area contributed by atoms with Gasteiger partial charge in [-0.3, -0.25) is 4.79 Å². The second-order valence-electron chi connectivity index (χ2n) is 4.32. The Morgan fingerprint density at radius 1 is 1.53 bits per heavy atom. The van der Waals surface area contributed by atoms with Crippen molar-refractivity contribution in [2.75, 3.05) is 5.32 Å². The minimum absolute atomic E-state index is 0.0312. The lowest BCUT2D eigenvalue weighted by molar-refractivity contribution is -0.120. The topological polar surface area (TPSA) is 42.0 Å². The Kier molecular flexibility index (Phi) is 3.79. The molecule has 1 aromatic rings. The largest absolute Gasteiger partial charge is 0.323 e. The van der Waals surface area contributed by atoms with E-state index in [4.69, 9.17) is 11.6 Å². The molecule has 0 bridgehead atoms. The van der Waals surface area contributed by atoms with Crippen molar-refractivity contribution in [2.45, 2.75) is 26.2 Å². The van der Waals surface area contributed by atoms with E-state index in [-0.39, 0.29) is 11.8 Å². The summed E-state index contributed by atoms with van der Waals surface area (Å²) in [5.41, 5.74) is 1.58. The molecule has 0 aromatic carbocycles. The van der Waals surface area contributed by atoms with Crippen LogP contribution in [0.5, 0.6) is 0 Å². The van der Waals surface area contributed by atoms with Gasteiger partial charge in [0.2, 0.25) is 5.91 Å². The number of hydrogen-bond acceptors (Lipinski definition) is 2. The zero-order valence-corrected chi connectivity index (χ0v) is 10.5. The van der Waals surface area contributed by atoms with Crippen LogP contribution in [-0.2, 0) is 4.79 Å². The number of pyridine rings is 1. The van der Waals surface area contributed by atoms with Crippen molar-refractivity contribution in [2.24, 2.45) is 5.92 Å². The van der Waals surface area contributed by atoms with E-state index in [0.29, 0.717) is 10.8 Å². The lowest BCUT2D eigenvalue weighted by atomic mass is 9.93. The van der Waals surface area contributed by atoms with Crippen molar-refractivity contribution in [3.63, 3.8) is 0 Å². The molecule has 1 N–H and O–H groups in total. The standard InChI is InChI=1S/C13H15ClN2O/c1-9-7-11(12(14)15-8-9)16-13(17)10-5-3-2-4-6-10/h2-3,7-8,10H,4-6H2,1H3,(H,16,17). The van der Waals surface area contributed by atoms with E-state index in [9.17, 15) is 4.79 Å². The van der Waals surface area contributed by atoms with Crippen molar-refractivity contribution < 1.29 is 4.79 Å². The predicted octanol–water partition coefficient (Wildman–Crippen LogP) is 3.34. The Labute approximate surface area is 106 Å². The summed E-state index contributed by atoms with van der Waals surface area (Å²) >= 11 is 5.94. The Bertz CT molecular complexity index is 457. The maximum absolute atomic E-state index is 12.0. The molecule has 1 aliphatic carbocycles. The van der Waals surface area contributed by atoms with Gasteiger partial charge in [0.15, 0.2) is 5.15 Å². The summed E-state index contributed by atoms with van der Waals surface area (Å²) in [6, 6.07) is 1.84. The second-order valence-corrected chi connectivity index (χ2v) is 4.68. The molecule has 3 nitrogen and oxygen atoms in total. The highest BCUT2D eigenvalue weighted by Crippen LogP contribution is 2.23. The molecule has 1 unspecified atom stereocenters. The van der Waals surface area contributed by atoms with Crippen LogP contribution in [0.4, 0.5) is 5.69 Å². The first kappa shape index (κ1) is 12.1. The number of aromatic nitrogens is 1. The predicted molar refractivity (Wildman–Crippen MR) is 69.1 cm³/mol. The van der Waals surface area contributed by atoms with Gasteiger partial charge in [0.1, 0.15) is 0 Å². The molecule has 0 fully saturated rings. The Hall–Kier alpha value is -1.35. The zero-order chi connectivity index (χ0) is 12.3. The third kappa shape index (κ3) is 3.07. The summed E-state index contributed by atoms with van der Waals surface area (Å²) in [4.78, 5) is 16.0. The molecular weight excluding hydrogens is 236 g/mol. The zero-order valence-electron chi connectivity index (χ0n) is 9.74. The summed E-state index contributed by atoms with van der Waals surface area (Å²) in [7, 11) is 0. The number of carbonyl (C=O) groups excluding carboxylic acids is 1. The minimum Gasteiger partial charge on any atom is -0.323 e. The Balaban J connectivity index is 2.07. The van der Waals surface area contributed by atoms with Crippen LogP contribution in [0, 0.1) is 12.8 Å². The van der Waals surface area contributed by atoms with Gasteiger partial charge in [-0.05, 0) is 37.8 Å². The third-order valence-electron chi connectivity index (χ3n) is 2.87. The van der Waals surface area contributed by atoms with Crippen LogP contribution in [0.25, 0.3) is 0 Å². The Morgan fingerprint density at radius 3 is 3.06 bits per heavy atom. The molecule has 2 rings (SSSR count). The molecule has 0 saturated heterocycles. The number of nitrogens with zero attached hydrogens (tertiary/aromatic N) is 1. The van der Waals surface area contributed by atoms with Gasteiger partial charge in [-0.1, -0.05) is 23.8 Å². The van der Waals surface area contributed by atoms with Gasteiger partial charge < -0.3 is 5.32 Å². The van der Waals surface area contributed by atoms with Gasteiger partial charge >= 0.3 is 0 Å². The van der Waals surface area contributed by atoms with E-state index in [2.05, 4.69) is 22.5 Å². The highest BCUT2D eigenvalue weighted by atomic mass is 35.5. The quantitative estimate of drug-likeness (QED) is 0.646. The van der Waals surface area contributed by atoms with Gasteiger partial charge in [-0.25, -0.2) is 4.98 Å². The molecule has 1 atom stereocenters. The van der Waals surface area contributed by atoms with E-state index in [1.165, 1.54) is 0 Å². The van der Waals surface area contributed by atoms with Crippen molar-refractivity contribution in [3.8, 4) is 0 Å². The summed E-state index contributed by atoms with van der Waals surface area (Å²) in [5, 5.41) is 3.20. The van der Waals surface area contributed by atoms with E-state index in [0.717, 1.165) is 24.8 Å². The minimum atomic E-state index is 0.0312. The monoisotopic (exact) mass is 250 g/mol. The Morgan fingerprint density at radius 2 is 2.35 bits per heavy atom. The number of nitrogens with one attached hydrogen (secondary N) is 1.